The number of hydrogen-bond donors (Lipinski definition) is 1. The van der Waals surface area contributed by atoms with E-state index >= 15 is 0 Å². The second kappa shape index (κ2) is 6.80. The lowest BCUT2D eigenvalue weighted by molar-refractivity contribution is 0.0953. The van der Waals surface area contributed by atoms with Crippen LogP contribution in [0.2, 0.25) is 0 Å². The van der Waals surface area contributed by atoms with Crippen LogP contribution in [0.15, 0.2) is 29.6 Å². The lowest BCUT2D eigenvalue weighted by Gasteiger charge is -2.05. The lowest BCUT2D eigenvalue weighted by atomic mass is 10.2. The summed E-state index contributed by atoms with van der Waals surface area (Å²) in [7, 11) is 0. The average molecular weight is 370 g/mol. The van der Waals surface area contributed by atoms with E-state index in [1.165, 1.54) is 0 Å². The Labute approximate surface area is 154 Å². The second-order valence-corrected chi connectivity index (χ2v) is 6.87. The van der Waals surface area contributed by atoms with Crippen molar-refractivity contribution >= 4 is 17.2 Å². The first-order valence-corrected chi connectivity index (χ1v) is 9.14. The number of carbonyl (C=O) groups is 1. The summed E-state index contributed by atoms with van der Waals surface area (Å²) < 4.78 is 12.4. The number of thiazole rings is 1. The zero-order valence-corrected chi connectivity index (χ0v) is 15.3. The Kier molecular flexibility index (Phi) is 4.34. The molecule has 1 aliphatic heterocycles. The Morgan fingerprint density at radius 1 is 1.27 bits per heavy atom. The summed E-state index contributed by atoms with van der Waals surface area (Å²) in [6, 6.07) is 7.19. The molecule has 134 valence electrons. The van der Waals surface area contributed by atoms with Gasteiger partial charge in [0.2, 0.25) is 11.9 Å². The predicted molar refractivity (Wildman–Crippen MR) is 97.3 cm³/mol. The van der Waals surface area contributed by atoms with E-state index in [0.717, 1.165) is 22.2 Å². The van der Waals surface area contributed by atoms with Crippen LogP contribution in [0, 0.1) is 13.8 Å². The number of fused-ring (bicyclic) bond motifs is 1. The number of aryl methyl sites for hydroxylation is 2. The molecule has 0 saturated heterocycles. The highest BCUT2D eigenvalue weighted by Gasteiger charge is 2.16. The van der Waals surface area contributed by atoms with Crippen LogP contribution in [0.3, 0.4) is 0 Å². The molecule has 0 unspecified atom stereocenters. The third-order valence-electron chi connectivity index (χ3n) is 4.03. The largest absolute Gasteiger partial charge is 0.454 e. The molecule has 0 atom stereocenters. The molecule has 1 aromatic carbocycles. The summed E-state index contributed by atoms with van der Waals surface area (Å²) in [6.07, 6.45) is 0.659. The van der Waals surface area contributed by atoms with Crippen LogP contribution in [0.5, 0.6) is 11.5 Å². The van der Waals surface area contributed by atoms with Gasteiger partial charge in [-0.15, -0.1) is 11.3 Å². The molecule has 0 spiro atoms. The molecule has 3 aromatic rings. The molecule has 8 heteroatoms. The van der Waals surface area contributed by atoms with E-state index in [2.05, 4.69) is 15.4 Å². The molecule has 1 N–H and O–H groups in total. The SMILES string of the molecule is Cc1cc(C)n(-c2nc(CCNC(=O)c3ccc4c(c3)OCO4)cs2)n1. The second-order valence-electron chi connectivity index (χ2n) is 6.03. The Hall–Kier alpha value is -2.87. The minimum Gasteiger partial charge on any atom is -0.454 e. The van der Waals surface area contributed by atoms with Crippen LogP contribution >= 0.6 is 11.3 Å². The lowest BCUT2D eigenvalue weighted by Crippen LogP contribution is -2.25. The summed E-state index contributed by atoms with van der Waals surface area (Å²) >= 11 is 1.55. The number of nitrogens with zero attached hydrogens (tertiary/aromatic N) is 3. The molecule has 1 amide bonds. The molecule has 0 aliphatic carbocycles. The van der Waals surface area contributed by atoms with Gasteiger partial charge in [-0.2, -0.15) is 5.10 Å². The molecular weight excluding hydrogens is 352 g/mol. The third-order valence-corrected chi connectivity index (χ3v) is 4.90. The fourth-order valence-electron chi connectivity index (χ4n) is 2.77. The molecule has 2 aromatic heterocycles. The van der Waals surface area contributed by atoms with Crippen molar-refractivity contribution in [3.05, 3.63) is 52.3 Å². The van der Waals surface area contributed by atoms with Crippen molar-refractivity contribution in [3.63, 3.8) is 0 Å². The Morgan fingerprint density at radius 2 is 2.12 bits per heavy atom. The molecule has 0 bridgehead atoms. The molecule has 1 aliphatic rings. The average Bonchev–Trinajstić information content (AvgIpc) is 3.33. The summed E-state index contributed by atoms with van der Waals surface area (Å²) in [4.78, 5) is 16.9. The normalized spacial score (nSPS) is 12.4. The van der Waals surface area contributed by atoms with E-state index in [4.69, 9.17) is 9.47 Å². The van der Waals surface area contributed by atoms with E-state index in [1.807, 2.05) is 30.0 Å². The first-order chi connectivity index (χ1) is 12.6. The van der Waals surface area contributed by atoms with Crippen LogP contribution in [0.25, 0.3) is 5.13 Å². The fourth-order valence-corrected chi connectivity index (χ4v) is 3.64. The Bertz CT molecular complexity index is 963. The van der Waals surface area contributed by atoms with Crippen molar-refractivity contribution < 1.29 is 14.3 Å². The van der Waals surface area contributed by atoms with Crippen molar-refractivity contribution in [2.45, 2.75) is 20.3 Å². The standard InChI is InChI=1S/C18H18N4O3S/c1-11-7-12(2)22(21-11)18-20-14(9-26-18)5-6-19-17(23)13-3-4-15-16(8-13)25-10-24-15/h3-4,7-9H,5-6,10H2,1-2H3,(H,19,23). The maximum atomic E-state index is 12.3. The van der Waals surface area contributed by atoms with Gasteiger partial charge in [0.05, 0.1) is 11.4 Å². The zero-order chi connectivity index (χ0) is 18.1. The molecule has 4 rings (SSSR count). The van der Waals surface area contributed by atoms with E-state index in [0.29, 0.717) is 30.0 Å². The Balaban J connectivity index is 1.35. The maximum Gasteiger partial charge on any atom is 0.251 e. The minimum absolute atomic E-state index is 0.141. The number of amides is 1. The molecular formula is C18H18N4O3S. The monoisotopic (exact) mass is 370 g/mol. The number of nitrogens with one attached hydrogen (secondary N) is 1. The summed E-state index contributed by atoms with van der Waals surface area (Å²) in [5.41, 5.74) is 3.51. The van der Waals surface area contributed by atoms with Crippen molar-refractivity contribution in [2.75, 3.05) is 13.3 Å². The number of rotatable bonds is 5. The number of hydrogen-bond acceptors (Lipinski definition) is 6. The Morgan fingerprint density at radius 3 is 2.92 bits per heavy atom. The van der Waals surface area contributed by atoms with E-state index in [1.54, 1.807) is 29.5 Å². The highest BCUT2D eigenvalue weighted by atomic mass is 32.1. The van der Waals surface area contributed by atoms with Crippen LogP contribution in [0.1, 0.15) is 27.4 Å². The van der Waals surface area contributed by atoms with Crippen molar-refractivity contribution in [1.29, 1.82) is 0 Å². The highest BCUT2D eigenvalue weighted by Crippen LogP contribution is 2.32. The van der Waals surface area contributed by atoms with Gasteiger partial charge in [0.15, 0.2) is 11.5 Å². The highest BCUT2D eigenvalue weighted by molar-refractivity contribution is 7.12. The quantitative estimate of drug-likeness (QED) is 0.747. The molecule has 0 fully saturated rings. The number of ether oxygens (including phenoxy) is 2. The van der Waals surface area contributed by atoms with Crippen LogP contribution in [-0.4, -0.2) is 34.0 Å². The predicted octanol–water partition coefficient (Wildman–Crippen LogP) is 2.65. The van der Waals surface area contributed by atoms with Gasteiger partial charge in [0.1, 0.15) is 0 Å². The molecule has 0 radical (unpaired) electrons. The zero-order valence-electron chi connectivity index (χ0n) is 14.5. The van der Waals surface area contributed by atoms with Crippen LogP contribution in [-0.2, 0) is 6.42 Å². The van der Waals surface area contributed by atoms with Gasteiger partial charge in [-0.05, 0) is 38.1 Å². The van der Waals surface area contributed by atoms with Crippen LogP contribution in [0.4, 0.5) is 0 Å². The topological polar surface area (TPSA) is 78.3 Å². The minimum atomic E-state index is -0.141. The summed E-state index contributed by atoms with van der Waals surface area (Å²) in [5, 5.41) is 10.2. The third kappa shape index (κ3) is 3.28. The van der Waals surface area contributed by atoms with Crippen molar-refractivity contribution in [2.24, 2.45) is 0 Å². The van der Waals surface area contributed by atoms with E-state index < -0.39 is 0 Å². The molecule has 7 nitrogen and oxygen atoms in total. The maximum absolute atomic E-state index is 12.3. The van der Waals surface area contributed by atoms with Gasteiger partial charge in [-0.1, -0.05) is 0 Å². The van der Waals surface area contributed by atoms with Gasteiger partial charge >= 0.3 is 0 Å². The fraction of sp³-hybridized carbons (Fsp3) is 0.278. The van der Waals surface area contributed by atoms with E-state index in [-0.39, 0.29) is 12.7 Å². The van der Waals surface area contributed by atoms with Gasteiger partial charge in [-0.3, -0.25) is 4.79 Å². The van der Waals surface area contributed by atoms with Crippen molar-refractivity contribution in [3.8, 4) is 16.6 Å². The first-order valence-electron chi connectivity index (χ1n) is 8.26. The number of aromatic nitrogens is 3. The van der Waals surface area contributed by atoms with Gasteiger partial charge < -0.3 is 14.8 Å². The first kappa shape index (κ1) is 16.6. The van der Waals surface area contributed by atoms with Gasteiger partial charge in [-0.25, -0.2) is 9.67 Å². The number of benzene rings is 1. The molecule has 0 saturated carbocycles. The van der Waals surface area contributed by atoms with Gasteiger partial charge in [0.25, 0.3) is 5.91 Å². The smallest absolute Gasteiger partial charge is 0.251 e. The number of carbonyl (C=O) groups excluding carboxylic acids is 1. The van der Waals surface area contributed by atoms with E-state index in [9.17, 15) is 4.79 Å². The van der Waals surface area contributed by atoms with Crippen molar-refractivity contribution in [1.82, 2.24) is 20.1 Å². The summed E-state index contributed by atoms with van der Waals surface area (Å²) in [6.45, 7) is 4.67. The molecule has 26 heavy (non-hydrogen) atoms. The summed E-state index contributed by atoms with van der Waals surface area (Å²) in [5.74, 6) is 1.13. The van der Waals surface area contributed by atoms with Gasteiger partial charge in [0, 0.05) is 29.6 Å². The molecule has 3 heterocycles. The van der Waals surface area contributed by atoms with Crippen LogP contribution < -0.4 is 14.8 Å².